The number of pyridine rings is 1. The van der Waals surface area contributed by atoms with Gasteiger partial charge in [0.1, 0.15) is 11.3 Å². The molecule has 0 radical (unpaired) electrons. The van der Waals surface area contributed by atoms with Gasteiger partial charge in [-0.05, 0) is 30.7 Å². The molecule has 4 rings (SSSR count). The van der Waals surface area contributed by atoms with Gasteiger partial charge in [0.25, 0.3) is 5.56 Å². The molecule has 1 aromatic carbocycles. The number of aliphatic hydroxyl groups is 1. The predicted octanol–water partition coefficient (Wildman–Crippen LogP) is 1.55. The molecule has 0 unspecified atom stereocenters. The van der Waals surface area contributed by atoms with Crippen molar-refractivity contribution >= 4 is 16.7 Å². The molecule has 0 saturated carbocycles. The number of halogens is 1. The topological polar surface area (TPSA) is 85.3 Å². The van der Waals surface area contributed by atoms with Gasteiger partial charge in [-0.15, -0.1) is 10.2 Å². The Hall–Kier alpha value is -3.13. The maximum absolute atomic E-state index is 13.2. The summed E-state index contributed by atoms with van der Waals surface area (Å²) in [5, 5.41) is 21.8. The van der Waals surface area contributed by atoms with Crippen molar-refractivity contribution in [2.24, 2.45) is 0 Å². The molecule has 1 N–H and O–H groups in total. The quantitative estimate of drug-likeness (QED) is 0.612. The Morgan fingerprint density at radius 1 is 1.16 bits per heavy atom. The Labute approximate surface area is 141 Å². The number of fused-ring (bicyclic) bond motifs is 3. The van der Waals surface area contributed by atoms with E-state index in [-0.39, 0.29) is 30.0 Å². The van der Waals surface area contributed by atoms with E-state index in [1.54, 1.807) is 28.9 Å². The summed E-state index contributed by atoms with van der Waals surface area (Å²) in [5.74, 6) is -0.321. The van der Waals surface area contributed by atoms with Crippen LogP contribution in [0.15, 0.2) is 41.3 Å². The summed E-state index contributed by atoms with van der Waals surface area (Å²) in [6.07, 6.45) is 1.59. The van der Waals surface area contributed by atoms with E-state index in [0.29, 0.717) is 16.9 Å². The smallest absolute Gasteiger partial charge is 0.280 e. The minimum absolute atomic E-state index is 0.142. The summed E-state index contributed by atoms with van der Waals surface area (Å²) in [5.41, 5.74) is 3.09. The standard InChI is InChI=1S/C17H14FN5O2/c1-10-14(11-2-4-12(18)5-3-11)16-20-19-15-13(23(16)21-10)6-7-22(8-9-24)17(15)25/h2-7,24H,8-9H2,1H3. The van der Waals surface area contributed by atoms with Gasteiger partial charge in [-0.25, -0.2) is 8.91 Å². The van der Waals surface area contributed by atoms with E-state index in [4.69, 9.17) is 5.11 Å². The lowest BCUT2D eigenvalue weighted by molar-refractivity contribution is 0.274. The highest BCUT2D eigenvalue weighted by Gasteiger charge is 2.17. The Morgan fingerprint density at radius 3 is 2.64 bits per heavy atom. The van der Waals surface area contributed by atoms with E-state index in [1.165, 1.54) is 16.7 Å². The van der Waals surface area contributed by atoms with Crippen LogP contribution in [0.5, 0.6) is 0 Å². The van der Waals surface area contributed by atoms with Crippen LogP contribution in [0.2, 0.25) is 0 Å². The first kappa shape index (κ1) is 15.4. The van der Waals surface area contributed by atoms with E-state index in [9.17, 15) is 9.18 Å². The summed E-state index contributed by atoms with van der Waals surface area (Å²) < 4.78 is 16.1. The Kier molecular flexibility index (Phi) is 3.54. The highest BCUT2D eigenvalue weighted by molar-refractivity contribution is 5.84. The number of hydrogen-bond donors (Lipinski definition) is 1. The average molecular weight is 339 g/mol. The van der Waals surface area contributed by atoms with Crippen molar-refractivity contribution in [3.8, 4) is 11.1 Å². The monoisotopic (exact) mass is 339 g/mol. The van der Waals surface area contributed by atoms with Crippen LogP contribution in [0.3, 0.4) is 0 Å². The number of aliphatic hydroxyl groups excluding tert-OH is 1. The summed E-state index contributed by atoms with van der Waals surface area (Å²) in [7, 11) is 0. The minimum atomic E-state index is -0.336. The van der Waals surface area contributed by atoms with Crippen molar-refractivity contribution in [3.05, 3.63) is 58.4 Å². The molecule has 0 atom stereocenters. The molecule has 0 aliphatic heterocycles. The van der Waals surface area contributed by atoms with E-state index in [0.717, 1.165) is 11.1 Å². The van der Waals surface area contributed by atoms with Gasteiger partial charge in [0, 0.05) is 12.7 Å². The van der Waals surface area contributed by atoms with Crippen LogP contribution in [0.4, 0.5) is 4.39 Å². The first-order chi connectivity index (χ1) is 12.1. The summed E-state index contributed by atoms with van der Waals surface area (Å²) >= 11 is 0. The van der Waals surface area contributed by atoms with Crippen LogP contribution in [0, 0.1) is 12.7 Å². The second kappa shape index (κ2) is 5.75. The third kappa shape index (κ3) is 2.38. The molecule has 3 heterocycles. The lowest BCUT2D eigenvalue weighted by Crippen LogP contribution is -2.23. The molecule has 0 aliphatic carbocycles. The number of aryl methyl sites for hydroxylation is 1. The fourth-order valence-electron chi connectivity index (χ4n) is 2.93. The van der Waals surface area contributed by atoms with E-state index in [1.807, 2.05) is 6.92 Å². The van der Waals surface area contributed by atoms with Gasteiger partial charge in [-0.2, -0.15) is 5.10 Å². The van der Waals surface area contributed by atoms with Crippen molar-refractivity contribution in [1.82, 2.24) is 24.4 Å². The largest absolute Gasteiger partial charge is 0.395 e. The molecule has 7 nitrogen and oxygen atoms in total. The fraction of sp³-hybridized carbons (Fsp3) is 0.176. The zero-order valence-corrected chi connectivity index (χ0v) is 13.3. The van der Waals surface area contributed by atoms with Crippen molar-refractivity contribution in [2.75, 3.05) is 6.61 Å². The zero-order valence-electron chi connectivity index (χ0n) is 13.3. The molecule has 0 bridgehead atoms. The summed E-state index contributed by atoms with van der Waals surface area (Å²) in [4.78, 5) is 12.4. The normalized spacial score (nSPS) is 11.5. The minimum Gasteiger partial charge on any atom is -0.395 e. The second-order valence-electron chi connectivity index (χ2n) is 5.67. The van der Waals surface area contributed by atoms with Crippen molar-refractivity contribution in [2.45, 2.75) is 13.5 Å². The van der Waals surface area contributed by atoms with Crippen LogP contribution in [0.1, 0.15) is 5.69 Å². The molecule has 0 spiro atoms. The molecular formula is C17H14FN5O2. The number of aromatic nitrogens is 5. The van der Waals surface area contributed by atoms with E-state index >= 15 is 0 Å². The van der Waals surface area contributed by atoms with Gasteiger partial charge in [0.15, 0.2) is 11.2 Å². The van der Waals surface area contributed by atoms with Gasteiger partial charge in [0.05, 0.1) is 17.9 Å². The second-order valence-corrected chi connectivity index (χ2v) is 5.67. The molecule has 4 aromatic rings. The lowest BCUT2D eigenvalue weighted by Gasteiger charge is -2.05. The van der Waals surface area contributed by atoms with Crippen molar-refractivity contribution < 1.29 is 9.50 Å². The van der Waals surface area contributed by atoms with Crippen LogP contribution in [-0.2, 0) is 6.54 Å². The average Bonchev–Trinajstić information content (AvgIpc) is 2.94. The highest BCUT2D eigenvalue weighted by atomic mass is 19.1. The maximum atomic E-state index is 13.2. The molecule has 25 heavy (non-hydrogen) atoms. The zero-order chi connectivity index (χ0) is 17.6. The predicted molar refractivity (Wildman–Crippen MR) is 89.8 cm³/mol. The number of rotatable bonds is 3. The molecule has 3 aromatic heterocycles. The molecule has 0 saturated heterocycles. The van der Waals surface area contributed by atoms with Crippen molar-refractivity contribution in [3.63, 3.8) is 0 Å². The molecule has 8 heteroatoms. The Bertz CT molecular complexity index is 1150. The third-order valence-corrected chi connectivity index (χ3v) is 4.10. The highest BCUT2D eigenvalue weighted by Crippen LogP contribution is 2.28. The number of hydrogen-bond acceptors (Lipinski definition) is 5. The van der Waals surface area contributed by atoms with Gasteiger partial charge < -0.3 is 9.67 Å². The van der Waals surface area contributed by atoms with E-state index in [2.05, 4.69) is 15.3 Å². The van der Waals surface area contributed by atoms with Crippen LogP contribution in [-0.4, -0.2) is 36.1 Å². The lowest BCUT2D eigenvalue weighted by atomic mass is 10.1. The molecule has 0 amide bonds. The first-order valence-corrected chi connectivity index (χ1v) is 7.72. The van der Waals surface area contributed by atoms with Gasteiger partial charge in [-0.3, -0.25) is 4.79 Å². The molecule has 0 fully saturated rings. The SMILES string of the molecule is Cc1nn2c(nnc3c(=O)n(CCO)ccc32)c1-c1ccc(F)cc1. The third-order valence-electron chi connectivity index (χ3n) is 4.10. The fourth-order valence-corrected chi connectivity index (χ4v) is 2.93. The molecule has 126 valence electrons. The van der Waals surface area contributed by atoms with Crippen LogP contribution < -0.4 is 5.56 Å². The summed E-state index contributed by atoms with van der Waals surface area (Å²) in [6.45, 7) is 1.87. The first-order valence-electron chi connectivity index (χ1n) is 7.72. The van der Waals surface area contributed by atoms with Gasteiger partial charge in [-0.1, -0.05) is 12.1 Å². The van der Waals surface area contributed by atoms with Crippen LogP contribution in [0.25, 0.3) is 27.8 Å². The summed E-state index contributed by atoms with van der Waals surface area (Å²) in [6, 6.07) is 7.78. The van der Waals surface area contributed by atoms with Gasteiger partial charge >= 0.3 is 0 Å². The van der Waals surface area contributed by atoms with Crippen LogP contribution >= 0.6 is 0 Å². The number of benzene rings is 1. The number of nitrogens with zero attached hydrogens (tertiary/aromatic N) is 5. The molecule has 0 aliphatic rings. The molecular weight excluding hydrogens is 325 g/mol. The Balaban J connectivity index is 2.01. The maximum Gasteiger partial charge on any atom is 0.280 e. The Morgan fingerprint density at radius 2 is 1.92 bits per heavy atom. The van der Waals surface area contributed by atoms with E-state index < -0.39 is 0 Å². The van der Waals surface area contributed by atoms with Crippen molar-refractivity contribution in [1.29, 1.82) is 0 Å². The van der Waals surface area contributed by atoms with Gasteiger partial charge in [0.2, 0.25) is 0 Å².